The quantitative estimate of drug-likeness (QED) is 0.142. The van der Waals surface area contributed by atoms with Crippen molar-refractivity contribution < 1.29 is 19.1 Å². The summed E-state index contributed by atoms with van der Waals surface area (Å²) in [6.07, 6.45) is 21.7. The van der Waals surface area contributed by atoms with Crippen LogP contribution in [0.5, 0.6) is 0 Å². The zero-order valence-electron chi connectivity index (χ0n) is 22.4. The minimum atomic E-state index is -0.789. The third-order valence-electron chi connectivity index (χ3n) is 7.64. The monoisotopic (exact) mass is 466 g/mol. The molecular formula is C29H54O4. The number of unbranched alkanes of at least 4 members (excludes halogenated alkanes) is 11. The van der Waals surface area contributed by atoms with Crippen LogP contribution in [0.2, 0.25) is 0 Å². The van der Waals surface area contributed by atoms with Crippen molar-refractivity contribution in [3.05, 3.63) is 0 Å². The molecule has 0 spiro atoms. The smallest absolute Gasteiger partial charge is 0.312 e. The number of esters is 2. The molecule has 0 radical (unpaired) electrons. The molecule has 1 saturated carbocycles. The van der Waals surface area contributed by atoms with Gasteiger partial charge in [-0.25, -0.2) is 0 Å². The van der Waals surface area contributed by atoms with Gasteiger partial charge in [0.1, 0.15) is 0 Å². The van der Waals surface area contributed by atoms with E-state index in [1.54, 1.807) is 0 Å². The van der Waals surface area contributed by atoms with E-state index in [2.05, 4.69) is 6.92 Å². The fraction of sp³-hybridized carbons (Fsp3) is 0.931. The summed E-state index contributed by atoms with van der Waals surface area (Å²) >= 11 is 0. The van der Waals surface area contributed by atoms with E-state index in [1.165, 1.54) is 70.6 Å². The third-order valence-corrected chi connectivity index (χ3v) is 7.64. The predicted molar refractivity (Wildman–Crippen MR) is 137 cm³/mol. The Morgan fingerprint density at radius 3 is 1.70 bits per heavy atom. The molecule has 0 aromatic heterocycles. The van der Waals surface area contributed by atoms with Gasteiger partial charge in [-0.15, -0.1) is 0 Å². The molecule has 0 aliphatic heterocycles. The van der Waals surface area contributed by atoms with Crippen LogP contribution in [0.4, 0.5) is 0 Å². The molecule has 4 nitrogen and oxygen atoms in total. The number of hydrogen-bond donors (Lipinski definition) is 0. The minimum Gasteiger partial charge on any atom is -0.466 e. The summed E-state index contributed by atoms with van der Waals surface area (Å²) in [5.41, 5.74) is -0.789. The van der Waals surface area contributed by atoms with Crippen molar-refractivity contribution in [3.63, 3.8) is 0 Å². The lowest BCUT2D eigenvalue weighted by Crippen LogP contribution is -2.46. The van der Waals surface area contributed by atoms with Gasteiger partial charge < -0.3 is 9.47 Å². The van der Waals surface area contributed by atoms with E-state index < -0.39 is 5.41 Å². The van der Waals surface area contributed by atoms with Crippen LogP contribution in [0.25, 0.3) is 0 Å². The van der Waals surface area contributed by atoms with Crippen molar-refractivity contribution in [2.75, 3.05) is 13.2 Å². The molecule has 1 rings (SSSR count). The Morgan fingerprint density at radius 1 is 0.727 bits per heavy atom. The molecule has 0 bridgehead atoms. The highest BCUT2D eigenvalue weighted by Gasteiger charge is 2.50. The minimum absolute atomic E-state index is 0.195. The van der Waals surface area contributed by atoms with Crippen molar-refractivity contribution in [3.8, 4) is 0 Å². The molecule has 4 heteroatoms. The van der Waals surface area contributed by atoms with Gasteiger partial charge >= 0.3 is 11.9 Å². The zero-order valence-corrected chi connectivity index (χ0v) is 22.4. The topological polar surface area (TPSA) is 52.6 Å². The van der Waals surface area contributed by atoms with Crippen molar-refractivity contribution in [1.29, 1.82) is 0 Å². The van der Waals surface area contributed by atoms with Crippen LogP contribution in [-0.2, 0) is 19.1 Å². The number of carbonyl (C=O) groups excluding carboxylic acids is 2. The van der Waals surface area contributed by atoms with E-state index >= 15 is 0 Å². The molecule has 0 aromatic rings. The SMILES string of the molecule is CCCCCCCCCCCCCCC(C)(C(=O)OCC)C(C(=O)OCC)C1CCCCC1. The highest BCUT2D eigenvalue weighted by atomic mass is 16.5. The molecule has 2 atom stereocenters. The summed E-state index contributed by atoms with van der Waals surface area (Å²) in [5.74, 6) is -0.565. The highest BCUT2D eigenvalue weighted by Crippen LogP contribution is 2.45. The van der Waals surface area contributed by atoms with Crippen LogP contribution < -0.4 is 0 Å². The van der Waals surface area contributed by atoms with Crippen LogP contribution in [0.3, 0.4) is 0 Å². The van der Waals surface area contributed by atoms with E-state index in [4.69, 9.17) is 9.47 Å². The van der Waals surface area contributed by atoms with Crippen LogP contribution in [0.1, 0.15) is 143 Å². The maximum absolute atomic E-state index is 13.2. The van der Waals surface area contributed by atoms with E-state index in [0.717, 1.165) is 38.5 Å². The van der Waals surface area contributed by atoms with Gasteiger partial charge in [0.05, 0.1) is 24.5 Å². The van der Waals surface area contributed by atoms with Crippen molar-refractivity contribution in [2.45, 2.75) is 143 Å². The normalized spacial score (nSPS) is 17.3. The van der Waals surface area contributed by atoms with E-state index in [9.17, 15) is 9.59 Å². The molecule has 1 fully saturated rings. The Balaban J connectivity index is 2.55. The van der Waals surface area contributed by atoms with E-state index in [-0.39, 0.29) is 23.8 Å². The van der Waals surface area contributed by atoms with Gasteiger partial charge in [0.25, 0.3) is 0 Å². The van der Waals surface area contributed by atoms with E-state index in [0.29, 0.717) is 19.6 Å². The Labute approximate surface area is 205 Å². The molecule has 0 aromatic carbocycles. The largest absolute Gasteiger partial charge is 0.466 e. The Kier molecular flexibility index (Phi) is 16.6. The van der Waals surface area contributed by atoms with Gasteiger partial charge in [-0.3, -0.25) is 9.59 Å². The van der Waals surface area contributed by atoms with Crippen molar-refractivity contribution in [2.24, 2.45) is 17.3 Å². The van der Waals surface area contributed by atoms with Crippen LogP contribution in [-0.4, -0.2) is 25.2 Å². The number of hydrogen-bond acceptors (Lipinski definition) is 4. The van der Waals surface area contributed by atoms with Crippen molar-refractivity contribution >= 4 is 11.9 Å². The maximum atomic E-state index is 13.2. The summed E-state index contributed by atoms with van der Waals surface area (Å²) in [6, 6.07) is 0. The zero-order chi connectivity index (χ0) is 24.4. The summed E-state index contributed by atoms with van der Waals surface area (Å²) in [4.78, 5) is 26.2. The van der Waals surface area contributed by atoms with Crippen LogP contribution in [0.15, 0.2) is 0 Å². The molecule has 1 aliphatic carbocycles. The molecule has 0 saturated heterocycles. The standard InChI is InChI=1S/C29H54O4/c1-5-8-9-10-11-12-13-14-15-16-17-21-24-29(4,28(31)33-7-3)26(27(30)32-6-2)25-22-19-18-20-23-25/h25-26H,5-24H2,1-4H3. The fourth-order valence-electron chi connectivity index (χ4n) is 5.69. The lowest BCUT2D eigenvalue weighted by atomic mass is 9.64. The lowest BCUT2D eigenvalue weighted by molar-refractivity contribution is -0.173. The maximum Gasteiger partial charge on any atom is 0.312 e. The second-order valence-corrected chi connectivity index (χ2v) is 10.4. The Bertz CT molecular complexity index is 512. The van der Waals surface area contributed by atoms with Gasteiger partial charge in [0.15, 0.2) is 0 Å². The van der Waals surface area contributed by atoms with Gasteiger partial charge in [-0.2, -0.15) is 0 Å². The van der Waals surface area contributed by atoms with E-state index in [1.807, 2.05) is 20.8 Å². The molecule has 0 N–H and O–H groups in total. The number of carbonyl (C=O) groups is 2. The highest BCUT2D eigenvalue weighted by molar-refractivity contribution is 5.85. The average Bonchev–Trinajstić information content (AvgIpc) is 2.81. The number of rotatable bonds is 19. The third kappa shape index (κ3) is 11.3. The molecule has 33 heavy (non-hydrogen) atoms. The van der Waals surface area contributed by atoms with Crippen molar-refractivity contribution in [1.82, 2.24) is 0 Å². The first-order valence-electron chi connectivity index (χ1n) is 14.3. The molecule has 2 unspecified atom stereocenters. The summed E-state index contributed by atoms with van der Waals surface area (Å²) in [6.45, 7) is 8.65. The second kappa shape index (κ2) is 18.3. The Hall–Kier alpha value is -1.06. The Morgan fingerprint density at radius 2 is 1.21 bits per heavy atom. The number of ether oxygens (including phenoxy) is 2. The summed E-state index contributed by atoms with van der Waals surface area (Å²) in [7, 11) is 0. The predicted octanol–water partition coefficient (Wildman–Crippen LogP) is 8.41. The van der Waals surface area contributed by atoms with Crippen LogP contribution in [0, 0.1) is 17.3 Å². The average molecular weight is 467 g/mol. The molecule has 0 heterocycles. The van der Waals surface area contributed by atoms with Gasteiger partial charge in [-0.1, -0.05) is 103 Å². The van der Waals surface area contributed by atoms with Gasteiger partial charge in [-0.05, 0) is 46.0 Å². The molecule has 194 valence electrons. The molecular weight excluding hydrogens is 412 g/mol. The molecule has 1 aliphatic rings. The first-order valence-corrected chi connectivity index (χ1v) is 14.3. The first kappa shape index (κ1) is 30.0. The van der Waals surface area contributed by atoms with Gasteiger partial charge in [0.2, 0.25) is 0 Å². The summed E-state index contributed by atoms with van der Waals surface area (Å²) < 4.78 is 11.0. The first-order chi connectivity index (χ1) is 16.0. The fourth-order valence-corrected chi connectivity index (χ4v) is 5.69. The van der Waals surface area contributed by atoms with Gasteiger partial charge in [0, 0.05) is 0 Å². The second-order valence-electron chi connectivity index (χ2n) is 10.4. The summed E-state index contributed by atoms with van der Waals surface area (Å²) in [5, 5.41) is 0. The van der Waals surface area contributed by atoms with Crippen LogP contribution >= 0.6 is 0 Å². The molecule has 0 amide bonds. The lowest BCUT2D eigenvalue weighted by Gasteiger charge is -2.40.